The van der Waals surface area contributed by atoms with E-state index in [1.54, 1.807) is 0 Å². The molecular weight excluding hydrogens is 929 g/mol. The SMILES string of the molecule is Ic1ccc(COc2ccc(-[s+]3c4ccc(OCc5ccc(I)cc5)cc4c4cc(OCc5ccc(I)cc5)ccc43)cc2)cc1. The lowest BCUT2D eigenvalue weighted by atomic mass is 10.1. The number of benzene rings is 6. The van der Waals surface area contributed by atoms with Gasteiger partial charge >= 0.3 is 0 Å². The van der Waals surface area contributed by atoms with Crippen LogP contribution in [0.1, 0.15) is 16.7 Å². The zero-order chi connectivity index (χ0) is 31.5. The molecule has 0 saturated heterocycles. The van der Waals surface area contributed by atoms with Crippen LogP contribution in [0.25, 0.3) is 25.1 Å². The van der Waals surface area contributed by atoms with Gasteiger partial charge in [0.15, 0.2) is 14.3 Å². The molecule has 0 unspecified atom stereocenters. The fourth-order valence-electron chi connectivity index (χ4n) is 5.26. The topological polar surface area (TPSA) is 27.7 Å². The summed E-state index contributed by atoms with van der Waals surface area (Å²) < 4.78 is 25.0. The van der Waals surface area contributed by atoms with E-state index in [0.29, 0.717) is 19.8 Å². The summed E-state index contributed by atoms with van der Waals surface area (Å²) in [4.78, 5) is 1.25. The van der Waals surface area contributed by atoms with Gasteiger partial charge in [-0.05, 0) is 157 Å². The summed E-state index contributed by atoms with van der Waals surface area (Å²) in [5.41, 5.74) is 3.46. The number of thiophene rings is 1. The Morgan fingerprint density at radius 1 is 0.391 bits per heavy atom. The number of halogens is 3. The first kappa shape index (κ1) is 31.7. The van der Waals surface area contributed by atoms with E-state index in [1.165, 1.54) is 35.8 Å². The predicted molar refractivity (Wildman–Crippen MR) is 216 cm³/mol. The van der Waals surface area contributed by atoms with Crippen molar-refractivity contribution in [3.8, 4) is 22.1 Å². The second-order valence-corrected chi connectivity index (χ2v) is 16.5. The van der Waals surface area contributed by atoms with Crippen LogP contribution < -0.4 is 14.2 Å². The maximum absolute atomic E-state index is 6.30. The summed E-state index contributed by atoms with van der Waals surface area (Å²) in [7, 11) is -0.262. The highest BCUT2D eigenvalue weighted by Crippen LogP contribution is 2.50. The molecule has 7 aromatic rings. The molecule has 46 heavy (non-hydrogen) atoms. The molecule has 0 bridgehead atoms. The Kier molecular flexibility index (Phi) is 9.99. The Labute approximate surface area is 312 Å². The molecule has 7 heteroatoms. The monoisotopic (exact) mass is 957 g/mol. The minimum absolute atomic E-state index is 0.262. The number of hydrogen-bond acceptors (Lipinski definition) is 3. The minimum Gasteiger partial charge on any atom is -0.489 e. The summed E-state index contributed by atoms with van der Waals surface area (Å²) in [5.74, 6) is 2.58. The van der Waals surface area contributed by atoms with Crippen LogP contribution in [0.5, 0.6) is 17.2 Å². The van der Waals surface area contributed by atoms with Crippen molar-refractivity contribution in [2.45, 2.75) is 19.8 Å². The van der Waals surface area contributed by atoms with Gasteiger partial charge in [0.1, 0.15) is 37.1 Å². The van der Waals surface area contributed by atoms with Crippen LogP contribution in [0.4, 0.5) is 0 Å². The molecule has 0 atom stereocenters. The lowest BCUT2D eigenvalue weighted by Crippen LogP contribution is -1.95. The van der Waals surface area contributed by atoms with Crippen LogP contribution in [0.2, 0.25) is 0 Å². The molecule has 7 rings (SSSR count). The van der Waals surface area contributed by atoms with Crippen LogP contribution in [0.3, 0.4) is 0 Å². The summed E-state index contributed by atoms with van der Waals surface area (Å²) in [6.07, 6.45) is 0. The largest absolute Gasteiger partial charge is 0.489 e. The van der Waals surface area contributed by atoms with Crippen LogP contribution in [-0.2, 0) is 19.8 Å². The maximum atomic E-state index is 6.30. The van der Waals surface area contributed by atoms with Gasteiger partial charge in [0.2, 0.25) is 0 Å². The highest BCUT2D eigenvalue weighted by molar-refractivity contribution is 14.1. The van der Waals surface area contributed by atoms with Crippen molar-refractivity contribution < 1.29 is 14.2 Å². The Morgan fingerprint density at radius 2 is 0.739 bits per heavy atom. The first-order chi connectivity index (χ1) is 22.5. The van der Waals surface area contributed by atoms with Gasteiger partial charge in [-0.15, -0.1) is 0 Å². The molecule has 228 valence electrons. The van der Waals surface area contributed by atoms with Crippen LogP contribution in [0.15, 0.2) is 133 Å². The molecule has 0 fully saturated rings. The number of ether oxygens (including phenoxy) is 3. The molecule has 0 amide bonds. The predicted octanol–water partition coefficient (Wildman–Crippen LogP) is 12.3. The van der Waals surface area contributed by atoms with Gasteiger partial charge in [-0.3, -0.25) is 0 Å². The fraction of sp³-hybridized carbons (Fsp3) is 0.0769. The smallest absolute Gasteiger partial charge is 0.188 e. The zero-order valence-corrected chi connectivity index (χ0v) is 31.9. The third-order valence-electron chi connectivity index (χ3n) is 7.65. The second-order valence-electron chi connectivity index (χ2n) is 10.8. The van der Waals surface area contributed by atoms with Gasteiger partial charge in [0, 0.05) is 45.4 Å². The molecule has 0 spiro atoms. The van der Waals surface area contributed by atoms with E-state index in [9.17, 15) is 0 Å². The van der Waals surface area contributed by atoms with Crippen LogP contribution in [-0.4, -0.2) is 0 Å². The van der Waals surface area contributed by atoms with E-state index < -0.39 is 0 Å². The quantitative estimate of drug-likeness (QED) is 0.101. The van der Waals surface area contributed by atoms with Gasteiger partial charge in [-0.2, -0.15) is 0 Å². The number of fused-ring (bicyclic) bond motifs is 3. The van der Waals surface area contributed by atoms with Crippen LogP contribution in [0, 0.1) is 10.7 Å². The average Bonchev–Trinajstić information content (AvgIpc) is 3.41. The van der Waals surface area contributed by atoms with E-state index in [-0.39, 0.29) is 10.5 Å². The van der Waals surface area contributed by atoms with Gasteiger partial charge in [-0.1, -0.05) is 36.4 Å². The summed E-state index contributed by atoms with van der Waals surface area (Å²) in [5, 5.41) is 2.38. The van der Waals surface area contributed by atoms with Gasteiger partial charge in [-0.25, -0.2) is 0 Å². The minimum atomic E-state index is -0.262. The molecule has 1 aromatic heterocycles. The van der Waals surface area contributed by atoms with E-state index in [1.807, 2.05) is 0 Å². The highest BCUT2D eigenvalue weighted by Gasteiger charge is 2.25. The van der Waals surface area contributed by atoms with Crippen molar-refractivity contribution in [2.75, 3.05) is 0 Å². The fourth-order valence-corrected chi connectivity index (χ4v) is 8.68. The molecule has 3 nitrogen and oxygen atoms in total. The molecule has 0 saturated carbocycles. The third-order valence-corrected chi connectivity index (χ3v) is 12.1. The van der Waals surface area contributed by atoms with Crippen molar-refractivity contribution in [1.82, 2.24) is 0 Å². The van der Waals surface area contributed by atoms with Gasteiger partial charge in [0.05, 0.1) is 10.8 Å². The number of rotatable bonds is 10. The van der Waals surface area contributed by atoms with E-state index >= 15 is 0 Å². The number of hydrogen-bond donors (Lipinski definition) is 0. The summed E-state index contributed by atoms with van der Waals surface area (Å²) in [6.45, 7) is 1.60. The summed E-state index contributed by atoms with van der Waals surface area (Å²) >= 11 is 6.98. The lowest BCUT2D eigenvalue weighted by molar-refractivity contribution is 0.306. The van der Waals surface area contributed by atoms with Crippen molar-refractivity contribution in [3.63, 3.8) is 0 Å². The molecule has 0 aliphatic carbocycles. The third kappa shape index (κ3) is 7.48. The van der Waals surface area contributed by atoms with Crippen molar-refractivity contribution >= 4 is 98.4 Å². The molecular formula is C39H28I3O3S+. The van der Waals surface area contributed by atoms with Gasteiger partial charge in [0.25, 0.3) is 0 Å². The first-order valence-corrected chi connectivity index (χ1v) is 19.2. The molecule has 6 aromatic carbocycles. The van der Waals surface area contributed by atoms with Crippen molar-refractivity contribution in [1.29, 1.82) is 0 Å². The van der Waals surface area contributed by atoms with E-state index in [2.05, 4.69) is 201 Å². The lowest BCUT2D eigenvalue weighted by Gasteiger charge is -2.07. The van der Waals surface area contributed by atoms with Gasteiger partial charge < -0.3 is 14.2 Å². The molecule has 0 aliphatic heterocycles. The molecule has 0 radical (unpaired) electrons. The Hall–Kier alpha value is -2.87. The van der Waals surface area contributed by atoms with E-state index in [0.717, 1.165) is 33.9 Å². The van der Waals surface area contributed by atoms with E-state index in [4.69, 9.17) is 14.2 Å². The second kappa shape index (κ2) is 14.5. The van der Waals surface area contributed by atoms with Crippen LogP contribution >= 0.6 is 78.2 Å². The standard InChI is InChI=1S/C39H28I3O3S/c40-29-7-1-26(2-8-29)23-43-32-13-17-35(18-14-32)46-38-19-15-33(44-24-27-3-9-30(41)10-4-27)21-36(38)37-22-34(16-20-39(37)46)45-25-28-5-11-31(42)12-6-28/h1-22H,23-25H2/q+1. The Balaban J connectivity index is 1.20. The average molecular weight is 957 g/mol. The molecule has 1 heterocycles. The van der Waals surface area contributed by atoms with Crippen molar-refractivity contribution in [2.24, 2.45) is 0 Å². The highest BCUT2D eigenvalue weighted by atomic mass is 127. The normalized spacial score (nSPS) is 11.2. The molecule has 0 N–H and O–H groups in total. The summed E-state index contributed by atoms with van der Waals surface area (Å²) in [6, 6.07) is 47.0. The zero-order valence-electron chi connectivity index (χ0n) is 24.6. The maximum Gasteiger partial charge on any atom is 0.188 e. The Bertz CT molecular complexity index is 2000. The molecule has 0 aliphatic rings. The Morgan fingerprint density at radius 3 is 1.13 bits per heavy atom. The van der Waals surface area contributed by atoms with Crippen molar-refractivity contribution in [3.05, 3.63) is 161 Å². The first-order valence-electron chi connectivity index (χ1n) is 14.7.